The first-order valence-electron chi connectivity index (χ1n) is 9.56. The van der Waals surface area contributed by atoms with Gasteiger partial charge in [0.25, 0.3) is 0 Å². The largest absolute Gasteiger partial charge is 0.326 e. The summed E-state index contributed by atoms with van der Waals surface area (Å²) in [5.41, 5.74) is 3.97. The Morgan fingerprint density at radius 2 is 1.78 bits per heavy atom. The van der Waals surface area contributed by atoms with Crippen LogP contribution in [0.25, 0.3) is 0 Å². The highest BCUT2D eigenvalue weighted by Crippen LogP contribution is 2.28. The third-order valence-electron chi connectivity index (χ3n) is 5.02. The van der Waals surface area contributed by atoms with Gasteiger partial charge in [-0.1, -0.05) is 57.2 Å². The molecule has 0 unspecified atom stereocenters. The van der Waals surface area contributed by atoms with Gasteiger partial charge in [-0.25, -0.2) is 4.79 Å². The van der Waals surface area contributed by atoms with Crippen LogP contribution in [0.2, 0.25) is 0 Å². The monoisotopic (exact) mass is 365 g/mol. The Labute approximate surface area is 160 Å². The van der Waals surface area contributed by atoms with Crippen LogP contribution < -0.4 is 15.5 Å². The predicted molar refractivity (Wildman–Crippen MR) is 109 cm³/mol. The summed E-state index contributed by atoms with van der Waals surface area (Å²) in [6, 6.07) is 14.7. The smallest absolute Gasteiger partial charge is 0.319 e. The molecule has 0 spiro atoms. The molecule has 2 aromatic rings. The summed E-state index contributed by atoms with van der Waals surface area (Å²) in [4.78, 5) is 27.5. The number of aryl methyl sites for hydroxylation is 1. The summed E-state index contributed by atoms with van der Waals surface area (Å²) in [5.74, 6) is -0.0775. The van der Waals surface area contributed by atoms with E-state index in [4.69, 9.17) is 0 Å². The number of benzene rings is 2. The maximum Gasteiger partial charge on any atom is 0.319 e. The summed E-state index contributed by atoms with van der Waals surface area (Å²) in [7, 11) is 0. The highest BCUT2D eigenvalue weighted by Gasteiger charge is 2.32. The van der Waals surface area contributed by atoms with Crippen LogP contribution in [0, 0.1) is 5.92 Å². The van der Waals surface area contributed by atoms with E-state index in [1.54, 1.807) is 4.90 Å². The Kier molecular flexibility index (Phi) is 5.79. The number of fused-ring (bicyclic) bond motifs is 1. The molecule has 1 aliphatic heterocycles. The van der Waals surface area contributed by atoms with E-state index in [2.05, 4.69) is 16.7 Å². The number of nitrogens with zero attached hydrogens (tertiary/aromatic N) is 1. The molecule has 0 saturated carbocycles. The molecule has 3 rings (SSSR count). The van der Waals surface area contributed by atoms with E-state index in [-0.39, 0.29) is 17.9 Å². The SMILES string of the molecule is CCc1ccccc1NC(=O)N[C@H](C(=O)N1CCc2ccccc21)C(C)C. The lowest BCUT2D eigenvalue weighted by Crippen LogP contribution is -2.52. The first-order valence-corrected chi connectivity index (χ1v) is 9.56. The van der Waals surface area contributed by atoms with Crippen molar-refractivity contribution in [3.05, 3.63) is 59.7 Å². The summed E-state index contributed by atoms with van der Waals surface area (Å²) in [5, 5.41) is 5.77. The molecule has 5 heteroatoms. The third-order valence-corrected chi connectivity index (χ3v) is 5.02. The molecule has 1 atom stereocenters. The lowest BCUT2D eigenvalue weighted by atomic mass is 10.0. The van der Waals surface area contributed by atoms with Crippen LogP contribution in [-0.4, -0.2) is 24.5 Å². The first-order chi connectivity index (χ1) is 13.0. The molecule has 0 fully saturated rings. The molecule has 3 amide bonds. The number of anilines is 2. The van der Waals surface area contributed by atoms with E-state index in [9.17, 15) is 9.59 Å². The van der Waals surface area contributed by atoms with Crippen molar-refractivity contribution in [1.82, 2.24) is 5.32 Å². The fourth-order valence-corrected chi connectivity index (χ4v) is 3.50. The molecule has 5 nitrogen and oxygen atoms in total. The Bertz CT molecular complexity index is 832. The molecule has 0 radical (unpaired) electrons. The summed E-state index contributed by atoms with van der Waals surface area (Å²) >= 11 is 0. The molecular weight excluding hydrogens is 338 g/mol. The van der Waals surface area contributed by atoms with Gasteiger partial charge in [0.2, 0.25) is 5.91 Å². The Morgan fingerprint density at radius 3 is 2.52 bits per heavy atom. The molecule has 0 saturated heterocycles. The number of nitrogens with one attached hydrogen (secondary N) is 2. The predicted octanol–water partition coefficient (Wildman–Crippen LogP) is 3.98. The van der Waals surface area contributed by atoms with Gasteiger partial charge in [0.1, 0.15) is 6.04 Å². The van der Waals surface area contributed by atoms with Crippen molar-refractivity contribution >= 4 is 23.3 Å². The van der Waals surface area contributed by atoms with Gasteiger partial charge in [0.15, 0.2) is 0 Å². The second-order valence-electron chi connectivity index (χ2n) is 7.20. The van der Waals surface area contributed by atoms with E-state index in [1.165, 1.54) is 5.56 Å². The summed E-state index contributed by atoms with van der Waals surface area (Å²) in [6.07, 6.45) is 1.68. The van der Waals surface area contributed by atoms with Crippen molar-refractivity contribution in [2.45, 2.75) is 39.7 Å². The van der Waals surface area contributed by atoms with Crippen molar-refractivity contribution in [2.75, 3.05) is 16.8 Å². The van der Waals surface area contributed by atoms with Crippen LogP contribution in [0.3, 0.4) is 0 Å². The van der Waals surface area contributed by atoms with E-state index < -0.39 is 6.04 Å². The molecule has 2 N–H and O–H groups in total. The summed E-state index contributed by atoms with van der Waals surface area (Å²) in [6.45, 7) is 6.60. The second kappa shape index (κ2) is 8.25. The van der Waals surface area contributed by atoms with Gasteiger partial charge in [-0.05, 0) is 42.0 Å². The number of rotatable bonds is 5. The minimum atomic E-state index is -0.579. The van der Waals surface area contributed by atoms with Gasteiger partial charge in [-0.15, -0.1) is 0 Å². The quantitative estimate of drug-likeness (QED) is 0.842. The Balaban J connectivity index is 1.72. The van der Waals surface area contributed by atoms with Crippen LogP contribution in [-0.2, 0) is 17.6 Å². The van der Waals surface area contributed by atoms with Crippen LogP contribution in [0.1, 0.15) is 31.9 Å². The molecule has 0 bridgehead atoms. The van der Waals surface area contributed by atoms with Crippen LogP contribution >= 0.6 is 0 Å². The van der Waals surface area contributed by atoms with Gasteiger partial charge in [0.05, 0.1) is 0 Å². The standard InChI is InChI=1S/C22H27N3O2/c1-4-16-9-5-7-11-18(16)23-22(27)24-20(15(2)3)21(26)25-14-13-17-10-6-8-12-19(17)25/h5-12,15,20H,4,13-14H2,1-3H3,(H2,23,24,27)/t20-/m0/s1. The fraction of sp³-hybridized carbons (Fsp3) is 0.364. The molecule has 27 heavy (non-hydrogen) atoms. The lowest BCUT2D eigenvalue weighted by Gasteiger charge is -2.27. The molecule has 142 valence electrons. The van der Waals surface area contributed by atoms with E-state index in [1.807, 2.05) is 63.2 Å². The van der Waals surface area contributed by atoms with Crippen LogP contribution in [0.5, 0.6) is 0 Å². The van der Waals surface area contributed by atoms with Crippen molar-refractivity contribution < 1.29 is 9.59 Å². The minimum absolute atomic E-state index is 0.0163. The highest BCUT2D eigenvalue weighted by atomic mass is 16.2. The van der Waals surface area contributed by atoms with Gasteiger partial charge in [0, 0.05) is 17.9 Å². The van der Waals surface area contributed by atoms with Gasteiger partial charge in [-0.3, -0.25) is 4.79 Å². The summed E-state index contributed by atoms with van der Waals surface area (Å²) < 4.78 is 0. The van der Waals surface area contributed by atoms with Gasteiger partial charge < -0.3 is 15.5 Å². The number of carbonyl (C=O) groups is 2. The van der Waals surface area contributed by atoms with E-state index in [0.29, 0.717) is 6.54 Å². The van der Waals surface area contributed by atoms with E-state index >= 15 is 0 Å². The van der Waals surface area contributed by atoms with Gasteiger partial charge >= 0.3 is 6.03 Å². The van der Waals surface area contributed by atoms with Crippen LogP contribution in [0.15, 0.2) is 48.5 Å². The molecule has 0 aliphatic carbocycles. The topological polar surface area (TPSA) is 61.4 Å². The number of carbonyl (C=O) groups excluding carboxylic acids is 2. The molecule has 0 aromatic heterocycles. The minimum Gasteiger partial charge on any atom is -0.326 e. The lowest BCUT2D eigenvalue weighted by molar-refractivity contribution is -0.121. The molecule has 2 aromatic carbocycles. The average Bonchev–Trinajstić information content (AvgIpc) is 3.10. The van der Waals surface area contributed by atoms with E-state index in [0.717, 1.165) is 29.8 Å². The maximum absolute atomic E-state index is 13.1. The Hall–Kier alpha value is -2.82. The van der Waals surface area contributed by atoms with Gasteiger partial charge in [-0.2, -0.15) is 0 Å². The zero-order valence-electron chi connectivity index (χ0n) is 16.2. The zero-order valence-corrected chi connectivity index (χ0v) is 16.2. The maximum atomic E-state index is 13.1. The van der Waals surface area contributed by atoms with Crippen molar-refractivity contribution in [2.24, 2.45) is 5.92 Å². The molecular formula is C22H27N3O2. The van der Waals surface area contributed by atoms with Crippen molar-refractivity contribution in [1.29, 1.82) is 0 Å². The third kappa shape index (κ3) is 4.13. The highest BCUT2D eigenvalue weighted by molar-refractivity contribution is 6.02. The molecule has 1 aliphatic rings. The number of amides is 3. The number of para-hydroxylation sites is 2. The van der Waals surface area contributed by atoms with Crippen LogP contribution in [0.4, 0.5) is 16.2 Å². The van der Waals surface area contributed by atoms with Crippen molar-refractivity contribution in [3.8, 4) is 0 Å². The Morgan fingerprint density at radius 1 is 1.07 bits per heavy atom. The number of urea groups is 1. The number of hydrogen-bond acceptors (Lipinski definition) is 2. The fourth-order valence-electron chi connectivity index (χ4n) is 3.50. The number of hydrogen-bond donors (Lipinski definition) is 2. The average molecular weight is 365 g/mol. The second-order valence-corrected chi connectivity index (χ2v) is 7.20. The zero-order chi connectivity index (χ0) is 19.4. The molecule has 1 heterocycles. The first kappa shape index (κ1) is 19.0. The normalized spacial score (nSPS) is 14.0. The van der Waals surface area contributed by atoms with Crippen molar-refractivity contribution in [3.63, 3.8) is 0 Å².